The van der Waals surface area contributed by atoms with Crippen LogP contribution < -0.4 is 5.32 Å². The number of rotatable bonds is 7. The largest absolute Gasteiger partial charge is 0.456 e. The fourth-order valence-electron chi connectivity index (χ4n) is 1.78. The second kappa shape index (κ2) is 8.56. The van der Waals surface area contributed by atoms with E-state index in [0.29, 0.717) is 9.21 Å². The molecule has 1 aromatic heterocycles. The molecule has 2 aromatic rings. The summed E-state index contributed by atoms with van der Waals surface area (Å²) < 4.78 is 18.2. The number of esters is 1. The van der Waals surface area contributed by atoms with E-state index >= 15 is 0 Å². The lowest BCUT2D eigenvalue weighted by atomic mass is 10.2. The molecule has 0 aliphatic carbocycles. The Labute approximate surface area is 146 Å². The van der Waals surface area contributed by atoms with Gasteiger partial charge in [-0.25, -0.2) is 4.39 Å². The van der Waals surface area contributed by atoms with E-state index in [-0.39, 0.29) is 24.3 Å². The van der Waals surface area contributed by atoms with Crippen molar-refractivity contribution in [2.45, 2.75) is 12.8 Å². The number of carbonyl (C=O) groups excluding carboxylic acids is 3. The fourth-order valence-corrected chi connectivity index (χ4v) is 2.79. The molecule has 8 heteroatoms. The first-order valence-corrected chi connectivity index (χ1v) is 8.13. The maximum atomic E-state index is 13.0. The predicted molar refractivity (Wildman–Crippen MR) is 88.9 cm³/mol. The van der Waals surface area contributed by atoms with Gasteiger partial charge in [-0.05, 0) is 30.3 Å². The minimum absolute atomic E-state index is 0.0266. The molecule has 1 amide bonds. The van der Waals surface area contributed by atoms with E-state index in [2.05, 4.69) is 5.32 Å². The number of nitrogens with one attached hydrogen (secondary N) is 1. The molecule has 0 aliphatic rings. The molecule has 0 aliphatic heterocycles. The second-order valence-corrected chi connectivity index (χ2v) is 6.46. The Morgan fingerprint density at radius 2 is 1.96 bits per heavy atom. The van der Waals surface area contributed by atoms with Crippen molar-refractivity contribution in [3.8, 4) is 0 Å². The lowest BCUT2D eigenvalue weighted by Crippen LogP contribution is -2.21. The van der Waals surface area contributed by atoms with Crippen LogP contribution >= 0.6 is 22.9 Å². The van der Waals surface area contributed by atoms with Gasteiger partial charge in [0, 0.05) is 12.1 Å². The first kappa shape index (κ1) is 18.1. The number of amides is 1. The lowest BCUT2D eigenvalue weighted by Gasteiger charge is -2.06. The van der Waals surface area contributed by atoms with Crippen LogP contribution in [-0.2, 0) is 14.3 Å². The van der Waals surface area contributed by atoms with Crippen molar-refractivity contribution in [1.29, 1.82) is 0 Å². The topological polar surface area (TPSA) is 72.5 Å². The van der Waals surface area contributed by atoms with Crippen LogP contribution in [0.2, 0.25) is 4.34 Å². The zero-order chi connectivity index (χ0) is 17.5. The van der Waals surface area contributed by atoms with Gasteiger partial charge in [-0.1, -0.05) is 17.7 Å². The highest BCUT2D eigenvalue weighted by Gasteiger charge is 2.13. The molecule has 0 fully saturated rings. The fraction of sp³-hybridized carbons (Fsp3) is 0.188. The van der Waals surface area contributed by atoms with Crippen molar-refractivity contribution in [3.63, 3.8) is 0 Å². The van der Waals surface area contributed by atoms with Crippen LogP contribution in [0.4, 0.5) is 10.1 Å². The van der Waals surface area contributed by atoms with Crippen LogP contribution in [-0.4, -0.2) is 24.3 Å². The number of hydrogen-bond donors (Lipinski definition) is 1. The highest BCUT2D eigenvalue weighted by atomic mass is 35.5. The highest BCUT2D eigenvalue weighted by Crippen LogP contribution is 2.22. The number of ketones is 1. The Hall–Kier alpha value is -2.25. The van der Waals surface area contributed by atoms with Gasteiger partial charge >= 0.3 is 5.97 Å². The van der Waals surface area contributed by atoms with Crippen molar-refractivity contribution in [2.24, 2.45) is 0 Å². The Kier molecular flexibility index (Phi) is 6.45. The molecule has 0 bridgehead atoms. The van der Waals surface area contributed by atoms with Gasteiger partial charge < -0.3 is 10.1 Å². The molecule has 0 radical (unpaired) electrons. The number of Topliss-reactive ketones (excluding diaryl/α,β-unsaturated/α-hetero) is 1. The molecule has 1 heterocycles. The van der Waals surface area contributed by atoms with E-state index in [1.807, 2.05) is 0 Å². The normalized spacial score (nSPS) is 10.2. The summed E-state index contributed by atoms with van der Waals surface area (Å²) in [6.07, 6.45) is -0.164. The Bertz CT molecular complexity index is 762. The summed E-state index contributed by atoms with van der Waals surface area (Å²) in [5.74, 6) is -1.96. The Morgan fingerprint density at radius 1 is 1.17 bits per heavy atom. The van der Waals surface area contributed by atoms with Crippen LogP contribution in [0, 0.1) is 5.82 Å². The third-order valence-electron chi connectivity index (χ3n) is 2.88. The number of benzene rings is 1. The predicted octanol–water partition coefficient (Wildman–Crippen LogP) is 3.69. The molecule has 2 rings (SSSR count). The average Bonchev–Trinajstić information content (AvgIpc) is 2.97. The van der Waals surface area contributed by atoms with Gasteiger partial charge in [-0.2, -0.15) is 0 Å². The Balaban J connectivity index is 1.71. The van der Waals surface area contributed by atoms with Crippen LogP contribution in [0.5, 0.6) is 0 Å². The molecule has 1 N–H and O–H groups in total. The molecule has 5 nitrogen and oxygen atoms in total. The average molecular weight is 370 g/mol. The van der Waals surface area contributed by atoms with Crippen molar-refractivity contribution >= 4 is 46.3 Å². The standard InChI is InChI=1S/C16H13ClFNO4S/c17-14-6-5-13(24-14)12(20)4-7-16(22)23-9-15(21)19-11-3-1-2-10(18)8-11/h1-3,5-6,8H,4,7,9H2,(H,19,21). The molecular formula is C16H13ClFNO4S. The summed E-state index contributed by atoms with van der Waals surface area (Å²) >= 11 is 6.87. The molecule has 126 valence electrons. The van der Waals surface area contributed by atoms with Gasteiger partial charge in [0.1, 0.15) is 5.82 Å². The van der Waals surface area contributed by atoms with Gasteiger partial charge in [0.2, 0.25) is 0 Å². The number of ether oxygens (including phenoxy) is 1. The Morgan fingerprint density at radius 3 is 2.62 bits per heavy atom. The minimum atomic E-state index is -0.666. The quantitative estimate of drug-likeness (QED) is 0.596. The third-order valence-corrected chi connectivity index (χ3v) is 4.15. The summed E-state index contributed by atoms with van der Waals surface area (Å²) in [4.78, 5) is 35.4. The van der Waals surface area contributed by atoms with E-state index in [1.54, 1.807) is 12.1 Å². The molecule has 0 saturated heterocycles. The molecule has 0 atom stereocenters. The molecule has 0 unspecified atom stereocenters. The minimum Gasteiger partial charge on any atom is -0.456 e. The number of thiophene rings is 1. The molecule has 0 spiro atoms. The molecule has 1 aromatic carbocycles. The third kappa shape index (κ3) is 5.75. The van der Waals surface area contributed by atoms with Gasteiger partial charge in [-0.15, -0.1) is 11.3 Å². The molecule has 0 saturated carbocycles. The van der Waals surface area contributed by atoms with Crippen LogP contribution in [0.3, 0.4) is 0 Å². The summed E-state index contributed by atoms with van der Waals surface area (Å²) in [6.45, 7) is -0.506. The SMILES string of the molecule is O=C(COC(=O)CCC(=O)c1ccc(Cl)s1)Nc1cccc(F)c1. The monoisotopic (exact) mass is 369 g/mol. The maximum absolute atomic E-state index is 13.0. The van der Waals surface area contributed by atoms with Gasteiger partial charge in [0.25, 0.3) is 5.91 Å². The van der Waals surface area contributed by atoms with E-state index in [1.165, 1.54) is 18.2 Å². The van der Waals surface area contributed by atoms with Crippen LogP contribution in [0.15, 0.2) is 36.4 Å². The maximum Gasteiger partial charge on any atom is 0.306 e. The van der Waals surface area contributed by atoms with E-state index in [0.717, 1.165) is 17.4 Å². The first-order valence-electron chi connectivity index (χ1n) is 6.93. The van der Waals surface area contributed by atoms with Crippen molar-refractivity contribution < 1.29 is 23.5 Å². The zero-order valence-electron chi connectivity index (χ0n) is 12.4. The number of hydrogen-bond acceptors (Lipinski definition) is 5. The zero-order valence-corrected chi connectivity index (χ0v) is 14.0. The molecular weight excluding hydrogens is 357 g/mol. The highest BCUT2D eigenvalue weighted by molar-refractivity contribution is 7.18. The first-order chi connectivity index (χ1) is 11.4. The summed E-state index contributed by atoms with van der Waals surface area (Å²) in [6, 6.07) is 8.53. The van der Waals surface area contributed by atoms with Crippen molar-refractivity contribution in [2.75, 3.05) is 11.9 Å². The van der Waals surface area contributed by atoms with Crippen LogP contribution in [0.1, 0.15) is 22.5 Å². The van der Waals surface area contributed by atoms with E-state index in [9.17, 15) is 18.8 Å². The van der Waals surface area contributed by atoms with E-state index < -0.39 is 24.3 Å². The summed E-state index contributed by atoms with van der Waals surface area (Å²) in [5, 5.41) is 2.40. The van der Waals surface area contributed by atoms with Crippen molar-refractivity contribution in [1.82, 2.24) is 0 Å². The number of anilines is 1. The summed E-state index contributed by atoms with van der Waals surface area (Å²) in [7, 11) is 0. The molecule has 24 heavy (non-hydrogen) atoms. The van der Waals surface area contributed by atoms with Gasteiger partial charge in [-0.3, -0.25) is 14.4 Å². The van der Waals surface area contributed by atoms with Gasteiger partial charge in [0.05, 0.1) is 15.6 Å². The van der Waals surface area contributed by atoms with Gasteiger partial charge in [0.15, 0.2) is 12.4 Å². The smallest absolute Gasteiger partial charge is 0.306 e. The number of carbonyl (C=O) groups is 3. The van der Waals surface area contributed by atoms with Crippen molar-refractivity contribution in [3.05, 3.63) is 51.4 Å². The number of halogens is 2. The van der Waals surface area contributed by atoms with Crippen LogP contribution in [0.25, 0.3) is 0 Å². The van der Waals surface area contributed by atoms with E-state index in [4.69, 9.17) is 16.3 Å². The second-order valence-electron chi connectivity index (χ2n) is 4.75. The summed E-state index contributed by atoms with van der Waals surface area (Å²) in [5.41, 5.74) is 0.265. The lowest BCUT2D eigenvalue weighted by molar-refractivity contribution is -0.147.